The lowest BCUT2D eigenvalue weighted by molar-refractivity contribution is 0.0986. The van der Waals surface area contributed by atoms with Gasteiger partial charge < -0.3 is 10.2 Å². The molecule has 2 aromatic rings. The second kappa shape index (κ2) is 6.78. The molecule has 0 aliphatic heterocycles. The van der Waals surface area contributed by atoms with E-state index in [-0.39, 0.29) is 11.4 Å². The highest BCUT2D eigenvalue weighted by Crippen LogP contribution is 2.18. The summed E-state index contributed by atoms with van der Waals surface area (Å²) >= 11 is 0. The van der Waals surface area contributed by atoms with E-state index in [1.807, 2.05) is 6.92 Å². The molecule has 21 heavy (non-hydrogen) atoms. The predicted molar refractivity (Wildman–Crippen MR) is 79.9 cm³/mol. The summed E-state index contributed by atoms with van der Waals surface area (Å²) in [5, 5.41) is 10.9. The molecule has 0 saturated heterocycles. The second-order valence-corrected chi connectivity index (χ2v) is 4.55. The Labute approximate surface area is 122 Å². The summed E-state index contributed by atoms with van der Waals surface area (Å²) in [7, 11) is 1.51. The Morgan fingerprint density at radius 1 is 1.24 bits per heavy atom. The van der Waals surface area contributed by atoms with Crippen molar-refractivity contribution in [3.05, 3.63) is 47.9 Å². The average Bonchev–Trinajstić information content (AvgIpc) is 2.52. The lowest BCUT2D eigenvalue weighted by atomic mass is 10.2. The number of hydrogen-bond acceptors (Lipinski definition) is 4. The first-order chi connectivity index (χ1) is 10.1. The number of halogens is 1. The molecule has 1 aromatic heterocycles. The Kier molecular flexibility index (Phi) is 4.81. The van der Waals surface area contributed by atoms with E-state index in [1.165, 1.54) is 24.1 Å². The smallest absolute Gasteiger partial charge is 0.278 e. The van der Waals surface area contributed by atoms with Crippen LogP contribution in [0.3, 0.4) is 0 Å². The number of para-hydroxylation sites is 1. The number of amides is 1. The Bertz CT molecular complexity index is 615. The fourth-order valence-electron chi connectivity index (χ4n) is 1.80. The van der Waals surface area contributed by atoms with Gasteiger partial charge in [-0.1, -0.05) is 19.1 Å². The number of nitrogens with one attached hydrogen (secondary N) is 1. The zero-order chi connectivity index (χ0) is 15.2. The molecule has 5 nitrogen and oxygen atoms in total. The Hall–Kier alpha value is -2.50. The number of carbonyl (C=O) groups excluding carboxylic acids is 1. The third-order valence-electron chi connectivity index (χ3n) is 2.96. The van der Waals surface area contributed by atoms with Crippen LogP contribution in [-0.2, 0) is 0 Å². The van der Waals surface area contributed by atoms with Crippen LogP contribution >= 0.6 is 0 Å². The molecule has 6 heteroatoms. The van der Waals surface area contributed by atoms with E-state index < -0.39 is 11.7 Å². The molecular weight excluding hydrogens is 271 g/mol. The zero-order valence-electron chi connectivity index (χ0n) is 12.0. The van der Waals surface area contributed by atoms with Gasteiger partial charge in [-0.3, -0.25) is 4.79 Å². The highest BCUT2D eigenvalue weighted by molar-refractivity contribution is 6.04. The molecule has 0 aliphatic carbocycles. The first kappa shape index (κ1) is 14.9. The quantitative estimate of drug-likeness (QED) is 0.919. The molecule has 0 fully saturated rings. The van der Waals surface area contributed by atoms with Gasteiger partial charge in [-0.05, 0) is 30.7 Å². The maximum atomic E-state index is 13.7. The van der Waals surface area contributed by atoms with Crippen molar-refractivity contribution in [1.82, 2.24) is 10.2 Å². The second-order valence-electron chi connectivity index (χ2n) is 4.55. The number of aromatic nitrogens is 2. The lowest BCUT2D eigenvalue weighted by Crippen LogP contribution is -2.28. The van der Waals surface area contributed by atoms with Gasteiger partial charge in [0.1, 0.15) is 11.6 Å². The Morgan fingerprint density at radius 3 is 2.62 bits per heavy atom. The fourth-order valence-corrected chi connectivity index (χ4v) is 1.80. The highest BCUT2D eigenvalue weighted by atomic mass is 19.1. The third kappa shape index (κ3) is 3.53. The maximum absolute atomic E-state index is 13.7. The molecule has 0 unspecified atom stereocenters. The van der Waals surface area contributed by atoms with Crippen molar-refractivity contribution < 1.29 is 9.18 Å². The van der Waals surface area contributed by atoms with Gasteiger partial charge in [-0.25, -0.2) is 4.39 Å². The van der Waals surface area contributed by atoms with Crippen LogP contribution in [0.4, 0.5) is 15.9 Å². The average molecular weight is 288 g/mol. The zero-order valence-corrected chi connectivity index (χ0v) is 12.0. The monoisotopic (exact) mass is 288 g/mol. The first-order valence-electron chi connectivity index (χ1n) is 6.73. The van der Waals surface area contributed by atoms with E-state index in [9.17, 15) is 9.18 Å². The van der Waals surface area contributed by atoms with Crippen molar-refractivity contribution >= 4 is 17.4 Å². The summed E-state index contributed by atoms with van der Waals surface area (Å²) < 4.78 is 13.7. The van der Waals surface area contributed by atoms with Crippen LogP contribution in [0.5, 0.6) is 0 Å². The van der Waals surface area contributed by atoms with Crippen LogP contribution in [0, 0.1) is 5.82 Å². The van der Waals surface area contributed by atoms with Crippen molar-refractivity contribution in [3.63, 3.8) is 0 Å². The molecule has 0 saturated carbocycles. The summed E-state index contributed by atoms with van der Waals surface area (Å²) in [5.74, 6) is -0.251. The van der Waals surface area contributed by atoms with Gasteiger partial charge in [0.25, 0.3) is 5.91 Å². The van der Waals surface area contributed by atoms with Crippen molar-refractivity contribution in [2.75, 3.05) is 23.8 Å². The van der Waals surface area contributed by atoms with Crippen molar-refractivity contribution in [1.29, 1.82) is 0 Å². The van der Waals surface area contributed by atoms with E-state index in [2.05, 4.69) is 15.5 Å². The molecule has 1 N–H and O–H groups in total. The van der Waals surface area contributed by atoms with E-state index in [0.29, 0.717) is 5.82 Å². The van der Waals surface area contributed by atoms with Gasteiger partial charge in [0.2, 0.25) is 0 Å². The minimum absolute atomic E-state index is 0.169. The molecule has 0 atom stereocenters. The summed E-state index contributed by atoms with van der Waals surface area (Å²) in [6, 6.07) is 9.35. The molecule has 1 aromatic carbocycles. The topological polar surface area (TPSA) is 58.1 Å². The van der Waals surface area contributed by atoms with Crippen LogP contribution < -0.4 is 10.2 Å². The third-order valence-corrected chi connectivity index (χ3v) is 2.96. The number of benzene rings is 1. The normalized spacial score (nSPS) is 10.2. The van der Waals surface area contributed by atoms with Crippen LogP contribution in [0.1, 0.15) is 23.8 Å². The number of hydrogen-bond donors (Lipinski definition) is 1. The molecule has 0 spiro atoms. The first-order valence-corrected chi connectivity index (χ1v) is 6.73. The van der Waals surface area contributed by atoms with Crippen LogP contribution in [-0.4, -0.2) is 29.7 Å². The van der Waals surface area contributed by atoms with E-state index in [1.54, 1.807) is 24.3 Å². The summed E-state index contributed by atoms with van der Waals surface area (Å²) in [6.07, 6.45) is 0.971. The van der Waals surface area contributed by atoms with E-state index in [0.717, 1.165) is 13.0 Å². The molecule has 1 heterocycles. The molecular formula is C15H17FN4O. The van der Waals surface area contributed by atoms with Gasteiger partial charge in [0, 0.05) is 13.6 Å². The van der Waals surface area contributed by atoms with Gasteiger partial charge in [-0.2, -0.15) is 0 Å². The molecule has 2 rings (SSSR count). The van der Waals surface area contributed by atoms with Crippen molar-refractivity contribution in [2.45, 2.75) is 13.3 Å². The minimum Gasteiger partial charge on any atom is -0.369 e. The van der Waals surface area contributed by atoms with Gasteiger partial charge >= 0.3 is 0 Å². The number of nitrogens with zero attached hydrogens (tertiary/aromatic N) is 3. The fraction of sp³-hybridized carbons (Fsp3) is 0.267. The lowest BCUT2D eigenvalue weighted by Gasteiger charge is -2.17. The molecule has 0 bridgehead atoms. The minimum atomic E-state index is -0.456. The standard InChI is InChI=1S/C15H17FN4O/c1-3-10-17-14-9-8-12(18-19-14)15(21)20(2)13-7-5-4-6-11(13)16/h4-9H,3,10H2,1-2H3,(H,17,19). The predicted octanol–water partition coefficient (Wildman–Crippen LogP) is 2.71. The summed E-state index contributed by atoms with van der Waals surface area (Å²) in [6.45, 7) is 2.83. The molecule has 0 radical (unpaired) electrons. The highest BCUT2D eigenvalue weighted by Gasteiger charge is 2.17. The van der Waals surface area contributed by atoms with Crippen molar-refractivity contribution in [2.24, 2.45) is 0 Å². The van der Waals surface area contributed by atoms with Crippen LogP contribution in [0.25, 0.3) is 0 Å². The largest absolute Gasteiger partial charge is 0.369 e. The Morgan fingerprint density at radius 2 is 2.00 bits per heavy atom. The van der Waals surface area contributed by atoms with Gasteiger partial charge in [-0.15, -0.1) is 10.2 Å². The Balaban J connectivity index is 2.14. The number of anilines is 2. The van der Waals surface area contributed by atoms with Gasteiger partial charge in [0.15, 0.2) is 5.69 Å². The summed E-state index contributed by atoms with van der Waals surface area (Å²) in [5.41, 5.74) is 0.375. The molecule has 0 aliphatic rings. The molecule has 1 amide bonds. The van der Waals surface area contributed by atoms with Gasteiger partial charge in [0.05, 0.1) is 5.69 Å². The maximum Gasteiger partial charge on any atom is 0.278 e. The van der Waals surface area contributed by atoms with E-state index >= 15 is 0 Å². The van der Waals surface area contributed by atoms with E-state index in [4.69, 9.17) is 0 Å². The van der Waals surface area contributed by atoms with Crippen molar-refractivity contribution in [3.8, 4) is 0 Å². The summed E-state index contributed by atoms with van der Waals surface area (Å²) in [4.78, 5) is 13.5. The van der Waals surface area contributed by atoms with Crippen LogP contribution in [0.15, 0.2) is 36.4 Å². The molecule has 110 valence electrons. The SMILES string of the molecule is CCCNc1ccc(C(=O)N(C)c2ccccc2F)nn1. The number of carbonyl (C=O) groups is 1. The van der Waals surface area contributed by atoms with Crippen LogP contribution in [0.2, 0.25) is 0 Å². The number of rotatable bonds is 5.